The van der Waals surface area contributed by atoms with Crippen molar-refractivity contribution in [2.45, 2.75) is 64.3 Å². The highest BCUT2D eigenvalue weighted by Gasteiger charge is 2.33. The van der Waals surface area contributed by atoms with E-state index in [4.69, 9.17) is 0 Å². The van der Waals surface area contributed by atoms with E-state index in [1.807, 2.05) is 48.5 Å². The molecular formula is C29H35N3O3. The first-order valence-electron chi connectivity index (χ1n) is 12.8. The van der Waals surface area contributed by atoms with Gasteiger partial charge in [0.25, 0.3) is 11.5 Å². The van der Waals surface area contributed by atoms with Crippen molar-refractivity contribution in [3.63, 3.8) is 0 Å². The smallest absolute Gasteiger partial charge is 0.270 e. The van der Waals surface area contributed by atoms with Gasteiger partial charge in [-0.15, -0.1) is 0 Å². The molecule has 2 atom stereocenters. The second-order valence-corrected chi connectivity index (χ2v) is 9.37. The number of aromatic hydroxyl groups is 1. The van der Waals surface area contributed by atoms with Crippen LogP contribution in [0.15, 0.2) is 65.5 Å². The van der Waals surface area contributed by atoms with Crippen LogP contribution in [0.25, 0.3) is 0 Å². The van der Waals surface area contributed by atoms with Crippen molar-refractivity contribution in [2.75, 3.05) is 13.1 Å². The fraction of sp³-hybridized carbons (Fsp3) is 0.414. The number of unbranched alkanes of at least 4 members (excludes halogenated alkanes) is 1. The molecule has 1 amide bonds. The molecule has 1 N–H and O–H groups in total. The highest BCUT2D eigenvalue weighted by atomic mass is 16.3. The van der Waals surface area contributed by atoms with Crippen LogP contribution in [0.3, 0.4) is 0 Å². The van der Waals surface area contributed by atoms with Crippen LogP contribution in [0.4, 0.5) is 0 Å². The molecule has 0 spiro atoms. The molecule has 1 aliphatic rings. The van der Waals surface area contributed by atoms with E-state index >= 15 is 0 Å². The van der Waals surface area contributed by atoms with Gasteiger partial charge >= 0.3 is 0 Å². The van der Waals surface area contributed by atoms with E-state index < -0.39 is 17.3 Å². The molecule has 1 aromatic heterocycles. The van der Waals surface area contributed by atoms with E-state index in [-0.39, 0.29) is 17.5 Å². The number of nitrogens with zero attached hydrogens (tertiary/aromatic N) is 3. The molecule has 6 nitrogen and oxygen atoms in total. The number of likely N-dealkylation sites (tertiary alicyclic amines) is 1. The SMILES string of the molecule is CCCCc1nc(O)c(C(=O)N2CC[C@H](c3ccccc3)C2)c(=O)n1[C@@H](CCC)c1ccccc1. The fourth-order valence-electron chi connectivity index (χ4n) is 5.08. The normalized spacial score (nSPS) is 16.4. The van der Waals surface area contributed by atoms with Crippen molar-refractivity contribution in [2.24, 2.45) is 0 Å². The summed E-state index contributed by atoms with van der Waals surface area (Å²) >= 11 is 0. The highest BCUT2D eigenvalue weighted by Crippen LogP contribution is 2.30. The second-order valence-electron chi connectivity index (χ2n) is 9.37. The lowest BCUT2D eigenvalue weighted by Crippen LogP contribution is -2.38. The molecule has 1 saturated heterocycles. The number of carbonyl (C=O) groups excluding carboxylic acids is 1. The molecule has 0 saturated carbocycles. The van der Waals surface area contributed by atoms with Gasteiger partial charge < -0.3 is 10.0 Å². The Morgan fingerprint density at radius 3 is 2.40 bits per heavy atom. The number of hydrogen-bond acceptors (Lipinski definition) is 4. The molecule has 184 valence electrons. The Bertz CT molecular complexity index is 1190. The van der Waals surface area contributed by atoms with Crippen LogP contribution >= 0.6 is 0 Å². The minimum Gasteiger partial charge on any atom is -0.493 e. The molecule has 3 aromatic rings. The Kier molecular flexibility index (Phi) is 8.01. The lowest BCUT2D eigenvalue weighted by molar-refractivity contribution is 0.0783. The molecule has 35 heavy (non-hydrogen) atoms. The van der Waals surface area contributed by atoms with Gasteiger partial charge in [0, 0.05) is 25.4 Å². The van der Waals surface area contributed by atoms with Crippen LogP contribution in [0.1, 0.15) is 85.2 Å². The molecule has 0 bridgehead atoms. The maximum absolute atomic E-state index is 13.9. The first-order chi connectivity index (χ1) is 17.0. The van der Waals surface area contributed by atoms with Crippen molar-refractivity contribution in [3.05, 3.63) is 93.5 Å². The van der Waals surface area contributed by atoms with Crippen LogP contribution in [0.2, 0.25) is 0 Å². The summed E-state index contributed by atoms with van der Waals surface area (Å²) in [6, 6.07) is 19.8. The van der Waals surface area contributed by atoms with Gasteiger partial charge in [0.15, 0.2) is 5.56 Å². The van der Waals surface area contributed by atoms with Gasteiger partial charge in [0.05, 0.1) is 6.04 Å². The Balaban J connectivity index is 1.74. The quantitative estimate of drug-likeness (QED) is 0.457. The highest BCUT2D eigenvalue weighted by molar-refractivity contribution is 5.96. The zero-order valence-electron chi connectivity index (χ0n) is 20.7. The van der Waals surface area contributed by atoms with E-state index in [9.17, 15) is 14.7 Å². The van der Waals surface area contributed by atoms with Gasteiger partial charge in [-0.2, -0.15) is 4.98 Å². The number of carbonyl (C=O) groups is 1. The van der Waals surface area contributed by atoms with Gasteiger partial charge in [-0.25, -0.2) is 0 Å². The number of hydrogen-bond donors (Lipinski definition) is 1. The van der Waals surface area contributed by atoms with E-state index in [1.165, 1.54) is 5.56 Å². The Hall–Kier alpha value is -3.41. The molecule has 0 unspecified atom stereocenters. The molecule has 6 heteroatoms. The van der Waals surface area contributed by atoms with Crippen molar-refractivity contribution in [3.8, 4) is 5.88 Å². The summed E-state index contributed by atoms with van der Waals surface area (Å²) in [5.74, 6) is -0.124. The van der Waals surface area contributed by atoms with Crippen molar-refractivity contribution in [1.29, 1.82) is 0 Å². The Morgan fingerprint density at radius 2 is 1.74 bits per heavy atom. The van der Waals surface area contributed by atoms with Gasteiger partial charge in [-0.05, 0) is 30.4 Å². The minimum absolute atomic E-state index is 0.212. The maximum atomic E-state index is 13.9. The Labute approximate surface area is 207 Å². The van der Waals surface area contributed by atoms with Gasteiger partial charge in [-0.3, -0.25) is 14.2 Å². The average Bonchev–Trinajstić information content (AvgIpc) is 3.38. The zero-order chi connectivity index (χ0) is 24.8. The molecule has 4 rings (SSSR count). The predicted molar refractivity (Wildman–Crippen MR) is 138 cm³/mol. The Morgan fingerprint density at radius 1 is 1.06 bits per heavy atom. The summed E-state index contributed by atoms with van der Waals surface area (Å²) in [6.45, 7) is 5.24. The lowest BCUT2D eigenvalue weighted by Gasteiger charge is -2.25. The van der Waals surface area contributed by atoms with E-state index in [0.717, 1.165) is 37.7 Å². The topological polar surface area (TPSA) is 75.4 Å². The average molecular weight is 474 g/mol. The van der Waals surface area contributed by atoms with Crippen LogP contribution in [-0.4, -0.2) is 38.6 Å². The van der Waals surface area contributed by atoms with Gasteiger partial charge in [0.1, 0.15) is 5.82 Å². The third-order valence-electron chi connectivity index (χ3n) is 6.94. The molecule has 2 heterocycles. The summed E-state index contributed by atoms with van der Waals surface area (Å²) in [6.07, 6.45) is 4.79. The van der Waals surface area contributed by atoms with E-state index in [1.54, 1.807) is 9.47 Å². The standard InChI is InChI=1S/C29H35N3O3/c1-3-5-17-25-30-27(33)26(28(34)31-19-18-23(20-31)21-13-8-6-9-14-21)29(35)32(25)24(12-4-2)22-15-10-7-11-16-22/h6-11,13-16,23-24,33H,3-5,12,17-20H2,1-2H3/t23-,24-/m0/s1. The predicted octanol–water partition coefficient (Wildman–Crippen LogP) is 5.31. The van der Waals surface area contributed by atoms with E-state index in [2.05, 4.69) is 31.0 Å². The molecular weight excluding hydrogens is 438 g/mol. The van der Waals surface area contributed by atoms with Crippen LogP contribution in [-0.2, 0) is 6.42 Å². The monoisotopic (exact) mass is 473 g/mol. The van der Waals surface area contributed by atoms with Gasteiger partial charge in [-0.1, -0.05) is 87.4 Å². The number of rotatable bonds is 9. The fourth-order valence-corrected chi connectivity index (χ4v) is 5.08. The molecule has 1 fully saturated rings. The van der Waals surface area contributed by atoms with Crippen LogP contribution < -0.4 is 5.56 Å². The summed E-state index contributed by atoms with van der Waals surface area (Å²) in [5, 5.41) is 10.8. The van der Waals surface area contributed by atoms with Crippen LogP contribution in [0, 0.1) is 0 Å². The summed E-state index contributed by atoms with van der Waals surface area (Å²) in [7, 11) is 0. The van der Waals surface area contributed by atoms with Crippen LogP contribution in [0.5, 0.6) is 5.88 Å². The third kappa shape index (κ3) is 5.31. The summed E-state index contributed by atoms with van der Waals surface area (Å²) in [4.78, 5) is 33.6. The first kappa shape index (κ1) is 24.7. The first-order valence-corrected chi connectivity index (χ1v) is 12.8. The van der Waals surface area contributed by atoms with E-state index in [0.29, 0.717) is 25.3 Å². The summed E-state index contributed by atoms with van der Waals surface area (Å²) < 4.78 is 1.67. The molecule has 2 aromatic carbocycles. The van der Waals surface area contributed by atoms with Crippen molar-refractivity contribution >= 4 is 5.91 Å². The number of benzene rings is 2. The minimum atomic E-state index is -0.450. The zero-order valence-corrected chi connectivity index (χ0v) is 20.7. The lowest BCUT2D eigenvalue weighted by atomic mass is 9.99. The molecule has 0 radical (unpaired) electrons. The number of amides is 1. The van der Waals surface area contributed by atoms with Crippen molar-refractivity contribution < 1.29 is 9.90 Å². The third-order valence-corrected chi connectivity index (χ3v) is 6.94. The summed E-state index contributed by atoms with van der Waals surface area (Å²) in [5.41, 5.74) is 1.53. The largest absolute Gasteiger partial charge is 0.493 e. The molecule has 1 aliphatic heterocycles. The maximum Gasteiger partial charge on any atom is 0.270 e. The number of aryl methyl sites for hydroxylation is 1. The van der Waals surface area contributed by atoms with Gasteiger partial charge in [0.2, 0.25) is 5.88 Å². The van der Waals surface area contributed by atoms with Crippen molar-refractivity contribution in [1.82, 2.24) is 14.5 Å². The number of aromatic nitrogens is 2. The molecule has 0 aliphatic carbocycles. The second kappa shape index (κ2) is 11.3.